The minimum absolute atomic E-state index is 0.0622. The Balaban J connectivity index is 2.48. The fraction of sp³-hybridized carbons (Fsp3) is 0.0909. The molecule has 0 aliphatic carbocycles. The summed E-state index contributed by atoms with van der Waals surface area (Å²) in [5, 5.41) is 12.6. The van der Waals surface area contributed by atoms with Crippen LogP contribution < -0.4 is 0 Å². The highest BCUT2D eigenvalue weighted by molar-refractivity contribution is 5.79. The highest BCUT2D eigenvalue weighted by Gasteiger charge is 2.12. The molecule has 0 bridgehead atoms. The molecule has 0 atom stereocenters. The standard InChI is InChI=1S/C11H7F2N3O/c12-9-3-7-4-14-11-8(16(7)15-9)2-1-6(5-17)10(11)13/h1-4,17H,5H2. The molecule has 1 N–H and O–H groups in total. The molecule has 0 aliphatic rings. The zero-order valence-electron chi connectivity index (χ0n) is 8.56. The summed E-state index contributed by atoms with van der Waals surface area (Å²) in [5.41, 5.74) is 1.02. The van der Waals surface area contributed by atoms with Gasteiger partial charge in [-0.15, -0.1) is 5.10 Å². The molecule has 0 fully saturated rings. The van der Waals surface area contributed by atoms with Crippen molar-refractivity contribution in [3.8, 4) is 0 Å². The maximum absolute atomic E-state index is 13.8. The molecule has 2 heterocycles. The number of aliphatic hydroxyl groups excluding tert-OH is 1. The van der Waals surface area contributed by atoms with Gasteiger partial charge in [-0.25, -0.2) is 13.9 Å². The molecular formula is C11H7F2N3O. The molecule has 6 heteroatoms. The molecule has 17 heavy (non-hydrogen) atoms. The van der Waals surface area contributed by atoms with Crippen molar-refractivity contribution < 1.29 is 13.9 Å². The molecule has 0 saturated carbocycles. The first-order valence-electron chi connectivity index (χ1n) is 4.93. The Morgan fingerprint density at radius 3 is 2.88 bits per heavy atom. The number of fused-ring (bicyclic) bond motifs is 3. The van der Waals surface area contributed by atoms with E-state index in [0.717, 1.165) is 0 Å². The van der Waals surface area contributed by atoms with E-state index in [-0.39, 0.29) is 11.1 Å². The van der Waals surface area contributed by atoms with Gasteiger partial charge >= 0.3 is 0 Å². The van der Waals surface area contributed by atoms with Gasteiger partial charge in [-0.1, -0.05) is 6.07 Å². The third-order valence-electron chi connectivity index (χ3n) is 2.61. The lowest BCUT2D eigenvalue weighted by Gasteiger charge is -2.04. The number of rotatable bonds is 1. The lowest BCUT2D eigenvalue weighted by atomic mass is 10.2. The van der Waals surface area contributed by atoms with E-state index in [1.54, 1.807) is 6.07 Å². The normalized spacial score (nSPS) is 11.5. The average molecular weight is 235 g/mol. The van der Waals surface area contributed by atoms with Crippen LogP contribution in [0.3, 0.4) is 0 Å². The molecule has 0 aliphatic heterocycles. The first kappa shape index (κ1) is 10.1. The monoisotopic (exact) mass is 235 g/mol. The van der Waals surface area contributed by atoms with Crippen LogP contribution in [0.5, 0.6) is 0 Å². The van der Waals surface area contributed by atoms with E-state index in [4.69, 9.17) is 5.11 Å². The third kappa shape index (κ3) is 1.38. The number of nitrogens with zero attached hydrogens (tertiary/aromatic N) is 3. The number of aromatic nitrogens is 3. The number of benzene rings is 1. The van der Waals surface area contributed by atoms with E-state index in [1.807, 2.05) is 0 Å². The minimum atomic E-state index is -0.647. The molecule has 3 aromatic rings. The SMILES string of the molecule is OCc1ccc2c(ncc3cc(F)nn32)c1F. The predicted octanol–water partition coefficient (Wildman–Crippen LogP) is 1.65. The van der Waals surface area contributed by atoms with Crippen LogP contribution in [0.25, 0.3) is 16.6 Å². The molecule has 86 valence electrons. The maximum atomic E-state index is 13.8. The highest BCUT2D eigenvalue weighted by Crippen LogP contribution is 2.20. The molecular weight excluding hydrogens is 228 g/mol. The Bertz CT molecular complexity index is 723. The Kier molecular flexibility index (Phi) is 2.05. The summed E-state index contributed by atoms with van der Waals surface area (Å²) in [6.45, 7) is -0.408. The van der Waals surface area contributed by atoms with Crippen LogP contribution in [-0.2, 0) is 6.61 Å². The molecule has 0 amide bonds. The van der Waals surface area contributed by atoms with Gasteiger partial charge in [0.1, 0.15) is 5.52 Å². The van der Waals surface area contributed by atoms with Gasteiger partial charge in [0.2, 0.25) is 5.95 Å². The number of aliphatic hydroxyl groups is 1. The Labute approximate surface area is 94.1 Å². The fourth-order valence-electron chi connectivity index (χ4n) is 1.79. The van der Waals surface area contributed by atoms with Crippen molar-refractivity contribution in [2.24, 2.45) is 0 Å². The van der Waals surface area contributed by atoms with E-state index in [1.165, 1.54) is 22.8 Å². The summed E-state index contributed by atoms with van der Waals surface area (Å²) < 4.78 is 28.1. The van der Waals surface area contributed by atoms with E-state index in [9.17, 15) is 8.78 Å². The van der Waals surface area contributed by atoms with Crippen LogP contribution in [0.1, 0.15) is 5.56 Å². The second-order valence-corrected chi connectivity index (χ2v) is 3.63. The zero-order valence-corrected chi connectivity index (χ0v) is 8.56. The van der Waals surface area contributed by atoms with E-state index >= 15 is 0 Å². The maximum Gasteiger partial charge on any atom is 0.233 e. The van der Waals surface area contributed by atoms with Gasteiger partial charge < -0.3 is 5.11 Å². The van der Waals surface area contributed by atoms with Crippen molar-refractivity contribution >= 4 is 16.6 Å². The number of halogens is 2. The lowest BCUT2D eigenvalue weighted by molar-refractivity contribution is 0.276. The fourth-order valence-corrected chi connectivity index (χ4v) is 1.79. The van der Waals surface area contributed by atoms with Gasteiger partial charge in [0, 0.05) is 11.6 Å². The molecule has 1 aromatic carbocycles. The Morgan fingerprint density at radius 1 is 1.29 bits per heavy atom. The number of hydrogen-bond donors (Lipinski definition) is 1. The second kappa shape index (κ2) is 3.46. The molecule has 0 unspecified atom stereocenters. The molecule has 4 nitrogen and oxygen atoms in total. The van der Waals surface area contributed by atoms with Gasteiger partial charge in [0.25, 0.3) is 0 Å². The molecule has 0 saturated heterocycles. The van der Waals surface area contributed by atoms with Crippen LogP contribution in [0.2, 0.25) is 0 Å². The highest BCUT2D eigenvalue weighted by atomic mass is 19.1. The summed E-state index contributed by atoms with van der Waals surface area (Å²) in [7, 11) is 0. The smallest absolute Gasteiger partial charge is 0.233 e. The number of hydrogen-bond acceptors (Lipinski definition) is 3. The molecule has 0 spiro atoms. The van der Waals surface area contributed by atoms with Gasteiger partial charge in [-0.2, -0.15) is 4.39 Å². The Hall–Kier alpha value is -2.08. The van der Waals surface area contributed by atoms with Crippen molar-refractivity contribution in [2.45, 2.75) is 6.61 Å². The largest absolute Gasteiger partial charge is 0.392 e. The quantitative estimate of drug-likeness (QED) is 0.697. The molecule has 0 radical (unpaired) electrons. The van der Waals surface area contributed by atoms with Crippen LogP contribution >= 0.6 is 0 Å². The topological polar surface area (TPSA) is 50.4 Å². The van der Waals surface area contributed by atoms with E-state index < -0.39 is 18.4 Å². The summed E-state index contributed by atoms with van der Waals surface area (Å²) >= 11 is 0. The van der Waals surface area contributed by atoms with Crippen LogP contribution in [-0.4, -0.2) is 19.7 Å². The second-order valence-electron chi connectivity index (χ2n) is 3.63. The van der Waals surface area contributed by atoms with Gasteiger partial charge in [-0.3, -0.25) is 0 Å². The first-order chi connectivity index (χ1) is 8.20. The summed E-state index contributed by atoms with van der Waals surface area (Å²) in [5.74, 6) is -1.26. The zero-order chi connectivity index (χ0) is 12.0. The van der Waals surface area contributed by atoms with Gasteiger partial charge in [0.05, 0.1) is 23.8 Å². The van der Waals surface area contributed by atoms with Crippen molar-refractivity contribution in [1.82, 2.24) is 14.6 Å². The summed E-state index contributed by atoms with van der Waals surface area (Å²) in [4.78, 5) is 3.92. The molecule has 2 aromatic heterocycles. The molecule has 3 rings (SSSR count). The third-order valence-corrected chi connectivity index (χ3v) is 2.61. The summed E-state index contributed by atoms with van der Waals surface area (Å²) in [6.07, 6.45) is 1.34. The lowest BCUT2D eigenvalue weighted by Crippen LogP contribution is -1.98. The van der Waals surface area contributed by atoms with Crippen molar-refractivity contribution in [3.63, 3.8) is 0 Å². The van der Waals surface area contributed by atoms with Gasteiger partial charge in [0.15, 0.2) is 5.82 Å². The van der Waals surface area contributed by atoms with Crippen LogP contribution in [0.4, 0.5) is 8.78 Å². The van der Waals surface area contributed by atoms with Gasteiger partial charge in [-0.05, 0) is 6.07 Å². The minimum Gasteiger partial charge on any atom is -0.392 e. The Morgan fingerprint density at radius 2 is 2.12 bits per heavy atom. The first-order valence-corrected chi connectivity index (χ1v) is 4.93. The van der Waals surface area contributed by atoms with E-state index in [0.29, 0.717) is 11.0 Å². The average Bonchev–Trinajstić information content (AvgIpc) is 2.70. The summed E-state index contributed by atoms with van der Waals surface area (Å²) in [6, 6.07) is 4.19. The van der Waals surface area contributed by atoms with E-state index in [2.05, 4.69) is 10.1 Å². The van der Waals surface area contributed by atoms with Crippen molar-refractivity contribution in [1.29, 1.82) is 0 Å². The predicted molar refractivity (Wildman–Crippen MR) is 56.3 cm³/mol. The van der Waals surface area contributed by atoms with Crippen LogP contribution in [0.15, 0.2) is 24.4 Å². The van der Waals surface area contributed by atoms with Crippen molar-refractivity contribution in [2.75, 3.05) is 0 Å². The van der Waals surface area contributed by atoms with Crippen LogP contribution in [0, 0.1) is 11.8 Å². The van der Waals surface area contributed by atoms with Crippen molar-refractivity contribution in [3.05, 3.63) is 41.7 Å².